The average Bonchev–Trinajstić information content (AvgIpc) is 2.39. The molecule has 0 bridgehead atoms. The van der Waals surface area contributed by atoms with Crippen LogP contribution < -0.4 is 0 Å². The molecule has 1 saturated heterocycles. The Morgan fingerprint density at radius 2 is 1.55 bits per heavy atom. The minimum atomic E-state index is 0.120. The molecular weight excluding hydrogens is 272 g/mol. The molecule has 0 aromatic heterocycles. The predicted octanol–water partition coefficient (Wildman–Crippen LogP) is 3.03. The second-order valence-electron chi connectivity index (χ2n) is 7.74. The number of carbonyl (C=O) groups is 1. The van der Waals surface area contributed by atoms with Crippen LogP contribution in [-0.2, 0) is 5.41 Å². The van der Waals surface area contributed by atoms with Gasteiger partial charge < -0.3 is 4.90 Å². The minimum Gasteiger partial charge on any atom is -0.304 e. The molecule has 3 heteroatoms. The molecule has 0 spiro atoms. The zero-order valence-corrected chi connectivity index (χ0v) is 15.0. The molecule has 22 heavy (non-hydrogen) atoms. The molecule has 1 fully saturated rings. The van der Waals surface area contributed by atoms with Crippen LogP contribution in [0.1, 0.15) is 47.8 Å². The summed E-state index contributed by atoms with van der Waals surface area (Å²) in [7, 11) is 2.14. The molecule has 0 atom stereocenters. The number of aryl methyl sites for hydroxylation is 2. The van der Waals surface area contributed by atoms with E-state index >= 15 is 0 Å². The summed E-state index contributed by atoms with van der Waals surface area (Å²) in [5.41, 5.74) is 4.58. The second-order valence-corrected chi connectivity index (χ2v) is 7.74. The lowest BCUT2D eigenvalue weighted by Gasteiger charge is -2.32. The number of carbonyl (C=O) groups excluding carboxylic acids is 1. The third-order valence-corrected chi connectivity index (χ3v) is 4.64. The lowest BCUT2D eigenvalue weighted by Crippen LogP contribution is -2.46. The first-order valence-corrected chi connectivity index (χ1v) is 8.24. The number of nitrogens with zero attached hydrogens (tertiary/aromatic N) is 2. The average molecular weight is 302 g/mol. The first-order chi connectivity index (χ1) is 10.2. The highest BCUT2D eigenvalue weighted by Gasteiger charge is 2.22. The van der Waals surface area contributed by atoms with Crippen LogP contribution in [-0.4, -0.2) is 55.4 Å². The van der Waals surface area contributed by atoms with E-state index < -0.39 is 0 Å². The van der Waals surface area contributed by atoms with Crippen molar-refractivity contribution in [3.8, 4) is 0 Å². The van der Waals surface area contributed by atoms with Crippen LogP contribution in [0.2, 0.25) is 0 Å². The summed E-state index contributed by atoms with van der Waals surface area (Å²) in [6.07, 6.45) is 0. The van der Waals surface area contributed by atoms with Crippen molar-refractivity contribution in [3.05, 3.63) is 34.4 Å². The molecule has 1 heterocycles. The van der Waals surface area contributed by atoms with Crippen LogP contribution in [0.4, 0.5) is 0 Å². The number of hydrogen-bond acceptors (Lipinski definition) is 3. The maximum absolute atomic E-state index is 12.7. The van der Waals surface area contributed by atoms with E-state index in [1.165, 1.54) is 5.56 Å². The summed E-state index contributed by atoms with van der Waals surface area (Å²) in [6.45, 7) is 15.4. The van der Waals surface area contributed by atoms with Gasteiger partial charge in [-0.05, 0) is 43.0 Å². The number of rotatable bonds is 3. The molecule has 1 aliphatic rings. The Kier molecular flexibility index (Phi) is 5.08. The third kappa shape index (κ3) is 3.96. The predicted molar refractivity (Wildman–Crippen MR) is 92.9 cm³/mol. The van der Waals surface area contributed by atoms with E-state index in [2.05, 4.69) is 63.6 Å². The molecule has 1 aromatic carbocycles. The lowest BCUT2D eigenvalue weighted by molar-refractivity contribution is 0.0875. The van der Waals surface area contributed by atoms with Gasteiger partial charge in [-0.15, -0.1) is 0 Å². The molecule has 1 aromatic rings. The highest BCUT2D eigenvalue weighted by molar-refractivity contribution is 6.00. The largest absolute Gasteiger partial charge is 0.304 e. The van der Waals surface area contributed by atoms with Crippen molar-refractivity contribution in [2.45, 2.75) is 40.0 Å². The van der Waals surface area contributed by atoms with E-state index in [9.17, 15) is 4.79 Å². The van der Waals surface area contributed by atoms with Gasteiger partial charge in [0.2, 0.25) is 0 Å². The second kappa shape index (κ2) is 6.51. The van der Waals surface area contributed by atoms with Crippen molar-refractivity contribution in [3.63, 3.8) is 0 Å². The number of hydrogen-bond donors (Lipinski definition) is 0. The first kappa shape index (κ1) is 17.2. The third-order valence-electron chi connectivity index (χ3n) is 4.64. The number of Topliss-reactive ketones (excluding diaryl/α,β-unsaturated/α-hetero) is 1. The van der Waals surface area contributed by atoms with E-state index in [-0.39, 0.29) is 11.2 Å². The van der Waals surface area contributed by atoms with Gasteiger partial charge in [0.15, 0.2) is 5.78 Å². The Hall–Kier alpha value is -1.19. The molecule has 0 aliphatic carbocycles. The van der Waals surface area contributed by atoms with Crippen molar-refractivity contribution >= 4 is 5.78 Å². The number of benzene rings is 1. The van der Waals surface area contributed by atoms with Crippen molar-refractivity contribution in [2.75, 3.05) is 39.8 Å². The molecule has 1 aliphatic heterocycles. The maximum Gasteiger partial charge on any atom is 0.177 e. The smallest absolute Gasteiger partial charge is 0.177 e. The van der Waals surface area contributed by atoms with Crippen LogP contribution in [0.25, 0.3) is 0 Å². The van der Waals surface area contributed by atoms with Crippen LogP contribution in [0, 0.1) is 13.8 Å². The van der Waals surface area contributed by atoms with Crippen molar-refractivity contribution in [1.29, 1.82) is 0 Å². The summed E-state index contributed by atoms with van der Waals surface area (Å²) < 4.78 is 0. The number of likely N-dealkylation sites (N-methyl/N-ethyl adjacent to an activating group) is 1. The molecule has 0 unspecified atom stereocenters. The Bertz CT molecular complexity index is 526. The normalized spacial score (nSPS) is 17.7. The van der Waals surface area contributed by atoms with Crippen LogP contribution in [0.15, 0.2) is 12.1 Å². The fourth-order valence-corrected chi connectivity index (χ4v) is 3.12. The van der Waals surface area contributed by atoms with Crippen molar-refractivity contribution in [2.24, 2.45) is 0 Å². The van der Waals surface area contributed by atoms with Crippen molar-refractivity contribution < 1.29 is 4.79 Å². The maximum atomic E-state index is 12.7. The molecular formula is C19H30N2O. The molecule has 0 amide bonds. The van der Waals surface area contributed by atoms with E-state index in [0.29, 0.717) is 6.54 Å². The van der Waals surface area contributed by atoms with E-state index in [1.807, 2.05) is 0 Å². The van der Waals surface area contributed by atoms with Crippen LogP contribution in [0.5, 0.6) is 0 Å². The molecule has 3 nitrogen and oxygen atoms in total. The minimum absolute atomic E-state index is 0.120. The van der Waals surface area contributed by atoms with E-state index in [4.69, 9.17) is 0 Å². The van der Waals surface area contributed by atoms with Gasteiger partial charge in [-0.3, -0.25) is 9.69 Å². The van der Waals surface area contributed by atoms with Gasteiger partial charge >= 0.3 is 0 Å². The van der Waals surface area contributed by atoms with Crippen LogP contribution >= 0.6 is 0 Å². The lowest BCUT2D eigenvalue weighted by atomic mass is 9.83. The van der Waals surface area contributed by atoms with Gasteiger partial charge in [-0.25, -0.2) is 0 Å². The van der Waals surface area contributed by atoms with Gasteiger partial charge in [0.1, 0.15) is 0 Å². The van der Waals surface area contributed by atoms with Gasteiger partial charge in [-0.1, -0.05) is 32.9 Å². The Morgan fingerprint density at radius 1 is 1.05 bits per heavy atom. The van der Waals surface area contributed by atoms with E-state index in [0.717, 1.165) is 42.9 Å². The zero-order chi connectivity index (χ0) is 16.5. The molecule has 0 radical (unpaired) electrons. The quantitative estimate of drug-likeness (QED) is 0.802. The monoisotopic (exact) mass is 302 g/mol. The van der Waals surface area contributed by atoms with Crippen LogP contribution in [0.3, 0.4) is 0 Å². The molecule has 122 valence electrons. The fourth-order valence-electron chi connectivity index (χ4n) is 3.12. The van der Waals surface area contributed by atoms with Gasteiger partial charge in [-0.2, -0.15) is 0 Å². The highest BCUT2D eigenvalue weighted by atomic mass is 16.1. The standard InChI is InChI=1S/C19H30N2O/c1-14-11-16(19(3,4)5)12-15(2)18(14)17(22)13-21-9-7-20(6)8-10-21/h11-12H,7-10,13H2,1-6H3. The zero-order valence-electron chi connectivity index (χ0n) is 15.0. The number of ketones is 1. The Balaban J connectivity index is 2.16. The van der Waals surface area contributed by atoms with Gasteiger partial charge in [0.25, 0.3) is 0 Å². The SMILES string of the molecule is Cc1cc(C(C)(C)C)cc(C)c1C(=O)CN1CCN(C)CC1. The summed E-state index contributed by atoms with van der Waals surface area (Å²) in [5.74, 6) is 0.264. The summed E-state index contributed by atoms with van der Waals surface area (Å²) in [4.78, 5) is 17.3. The molecule has 0 saturated carbocycles. The summed E-state index contributed by atoms with van der Waals surface area (Å²) in [6, 6.07) is 4.37. The molecule has 2 rings (SSSR count). The Labute approximate surface area is 135 Å². The Morgan fingerprint density at radius 3 is 2.00 bits per heavy atom. The number of piperazine rings is 1. The summed E-state index contributed by atoms with van der Waals surface area (Å²) >= 11 is 0. The van der Waals surface area contributed by atoms with Gasteiger partial charge in [0, 0.05) is 31.7 Å². The topological polar surface area (TPSA) is 23.6 Å². The summed E-state index contributed by atoms with van der Waals surface area (Å²) in [5, 5.41) is 0. The van der Waals surface area contributed by atoms with E-state index in [1.54, 1.807) is 0 Å². The van der Waals surface area contributed by atoms with Crippen molar-refractivity contribution in [1.82, 2.24) is 9.80 Å². The van der Waals surface area contributed by atoms with Gasteiger partial charge in [0.05, 0.1) is 6.54 Å². The fraction of sp³-hybridized carbons (Fsp3) is 0.632. The highest BCUT2D eigenvalue weighted by Crippen LogP contribution is 2.27. The first-order valence-electron chi connectivity index (χ1n) is 8.24. The molecule has 0 N–H and O–H groups in total.